The van der Waals surface area contributed by atoms with Gasteiger partial charge in [0.15, 0.2) is 5.70 Å². The number of rotatable bonds is 5. The first-order valence-corrected chi connectivity index (χ1v) is 13.5. The Balaban J connectivity index is 1.77. The predicted octanol–water partition coefficient (Wildman–Crippen LogP) is 8.91. The van der Waals surface area contributed by atoms with Crippen molar-refractivity contribution in [2.75, 3.05) is 4.90 Å². The molecule has 38 heavy (non-hydrogen) atoms. The zero-order valence-electron chi connectivity index (χ0n) is 20.4. The van der Waals surface area contributed by atoms with Gasteiger partial charge in [0.1, 0.15) is 11.4 Å². The van der Waals surface area contributed by atoms with Gasteiger partial charge in [-0.25, -0.2) is 4.90 Å². The average molecular weight is 555 g/mol. The molecule has 1 aliphatic rings. The zero-order chi connectivity index (χ0) is 26.1. The van der Waals surface area contributed by atoms with Crippen molar-refractivity contribution < 1.29 is 4.90 Å². The molecule has 0 amide bonds. The third-order valence-corrected chi connectivity index (χ3v) is 7.87. The van der Waals surface area contributed by atoms with Crippen molar-refractivity contribution in [3.63, 3.8) is 0 Å². The summed E-state index contributed by atoms with van der Waals surface area (Å²) in [6.45, 7) is 0. The van der Waals surface area contributed by atoms with Crippen LogP contribution in [0.4, 0.5) is 11.4 Å². The highest BCUT2D eigenvalue weighted by molar-refractivity contribution is 6.34. The summed E-state index contributed by atoms with van der Waals surface area (Å²) in [5.74, 6) is 0. The monoisotopic (exact) mass is 553 g/mol. The Hall–Kier alpha value is -3.53. The molecule has 0 spiro atoms. The van der Waals surface area contributed by atoms with Crippen molar-refractivity contribution in [1.82, 2.24) is 0 Å². The number of nitrogens with zero attached hydrogens (tertiary/aromatic N) is 1. The summed E-state index contributed by atoms with van der Waals surface area (Å²) in [5, 5.41) is 2.04. The third-order valence-electron chi connectivity index (χ3n) is 6.87. The molecule has 5 aromatic rings. The Labute approximate surface area is 237 Å². The number of para-hydroxylation sites is 2. The summed E-state index contributed by atoms with van der Waals surface area (Å²) in [7, 11) is 0. The molecule has 5 heteroatoms. The van der Waals surface area contributed by atoms with Crippen LogP contribution in [0.25, 0.3) is 11.4 Å². The van der Waals surface area contributed by atoms with Crippen molar-refractivity contribution in [1.29, 1.82) is 0 Å². The third kappa shape index (κ3) is 4.40. The number of hydrogen-bond donors (Lipinski definition) is 1. The van der Waals surface area contributed by atoms with Gasteiger partial charge in [-0.15, -0.1) is 0 Å². The van der Waals surface area contributed by atoms with Crippen LogP contribution in [-0.4, -0.2) is 0 Å². The van der Waals surface area contributed by atoms with Gasteiger partial charge in [0, 0.05) is 11.3 Å². The molecule has 0 saturated carbocycles. The van der Waals surface area contributed by atoms with Crippen LogP contribution >= 0.6 is 34.8 Å². The second-order valence-corrected chi connectivity index (χ2v) is 10.3. The van der Waals surface area contributed by atoms with E-state index in [2.05, 4.69) is 71.6 Å². The molecular weight excluding hydrogens is 531 g/mol. The van der Waals surface area contributed by atoms with Crippen LogP contribution in [0.1, 0.15) is 22.9 Å². The van der Waals surface area contributed by atoms with E-state index in [-0.39, 0.29) is 6.17 Å². The van der Waals surface area contributed by atoms with E-state index in [1.165, 1.54) is 0 Å². The first-order chi connectivity index (χ1) is 18.6. The van der Waals surface area contributed by atoms with Gasteiger partial charge < -0.3 is 0 Å². The molecule has 0 aromatic heterocycles. The number of nitrogens with one attached hydrogen (secondary N) is 1. The highest BCUT2D eigenvalue weighted by Gasteiger charge is 2.48. The summed E-state index contributed by atoms with van der Waals surface area (Å²) in [4.78, 5) is 3.47. The van der Waals surface area contributed by atoms with E-state index in [1.54, 1.807) is 0 Å². The molecule has 1 N–H and O–H groups in total. The first kappa shape index (κ1) is 24.8. The minimum absolute atomic E-state index is 0.231. The molecule has 2 unspecified atom stereocenters. The van der Waals surface area contributed by atoms with Crippen molar-refractivity contribution in [2.45, 2.75) is 6.17 Å². The molecule has 1 heterocycles. The van der Waals surface area contributed by atoms with Crippen LogP contribution in [-0.2, 0) is 0 Å². The van der Waals surface area contributed by atoms with Crippen molar-refractivity contribution in [3.8, 4) is 0 Å². The normalized spacial score (nSPS) is 17.2. The lowest BCUT2D eigenvalue weighted by atomic mass is 10.0. The fraction of sp³-hybridized carbons (Fsp3) is 0.0303. The van der Waals surface area contributed by atoms with E-state index < -0.39 is 0 Å². The molecule has 186 valence electrons. The highest BCUT2D eigenvalue weighted by atomic mass is 35.5. The Kier molecular flexibility index (Phi) is 6.97. The summed E-state index contributed by atoms with van der Waals surface area (Å²) in [6.07, 6.45) is -0.231. The Morgan fingerprint density at radius 2 is 1.00 bits per heavy atom. The van der Waals surface area contributed by atoms with E-state index in [1.807, 2.05) is 66.7 Å². The number of quaternary nitrogens is 1. The lowest BCUT2D eigenvalue weighted by molar-refractivity contribution is -0.783. The summed E-state index contributed by atoms with van der Waals surface area (Å²) < 4.78 is 0. The van der Waals surface area contributed by atoms with E-state index in [0.717, 1.165) is 44.4 Å². The van der Waals surface area contributed by atoms with Crippen molar-refractivity contribution in [2.24, 2.45) is 0 Å². The molecule has 6 rings (SSSR count). The Morgan fingerprint density at radius 1 is 0.500 bits per heavy atom. The van der Waals surface area contributed by atoms with Crippen LogP contribution in [0, 0.1) is 0 Å². The fourth-order valence-electron chi connectivity index (χ4n) is 5.28. The largest absolute Gasteiger partial charge is 0.281 e. The first-order valence-electron chi connectivity index (χ1n) is 12.4. The fourth-order valence-corrected chi connectivity index (χ4v) is 5.97. The maximum Gasteiger partial charge on any atom is 0.205 e. The second-order valence-electron chi connectivity index (χ2n) is 9.09. The van der Waals surface area contributed by atoms with E-state index >= 15 is 0 Å². The number of anilines is 1. The van der Waals surface area contributed by atoms with Gasteiger partial charge in [0.05, 0.1) is 26.2 Å². The second kappa shape index (κ2) is 10.7. The quantitative estimate of drug-likeness (QED) is 0.228. The van der Waals surface area contributed by atoms with Crippen LogP contribution in [0.15, 0.2) is 133 Å². The molecule has 2 atom stereocenters. The number of hydrogen-bond acceptors (Lipinski definition) is 1. The lowest BCUT2D eigenvalue weighted by Crippen LogP contribution is -3.04. The van der Waals surface area contributed by atoms with Gasteiger partial charge >= 0.3 is 0 Å². The van der Waals surface area contributed by atoms with E-state index in [9.17, 15) is 0 Å². The summed E-state index contributed by atoms with van der Waals surface area (Å²) >= 11 is 20.8. The van der Waals surface area contributed by atoms with Crippen molar-refractivity contribution >= 4 is 57.6 Å². The molecule has 0 bridgehead atoms. The van der Waals surface area contributed by atoms with Crippen LogP contribution in [0.2, 0.25) is 15.1 Å². The van der Waals surface area contributed by atoms with Gasteiger partial charge in [-0.2, -0.15) is 0 Å². The van der Waals surface area contributed by atoms with Gasteiger partial charge in [-0.05, 0) is 54.6 Å². The molecule has 1 aliphatic heterocycles. The Morgan fingerprint density at radius 3 is 1.61 bits per heavy atom. The zero-order valence-corrected chi connectivity index (χ0v) is 22.6. The van der Waals surface area contributed by atoms with Crippen molar-refractivity contribution in [3.05, 3.63) is 165 Å². The standard InChI is InChI=1S/C33H23Cl3N2/c34-28-20-10-7-17-25(28)31-32(26-18-8-11-21-29(26)35)38(24-15-5-2-6-16-24)33(27-19-9-12-22-30(27)36)37(31)23-13-3-1-4-14-23/h1-22,33H/p+1. The molecule has 5 aromatic carbocycles. The SMILES string of the molecule is Clc1ccccc1C1=C(c2ccccc2Cl)[NH+](c2ccccc2)C(c2ccccc2Cl)N1c1ccccc1. The highest BCUT2D eigenvalue weighted by Crippen LogP contribution is 2.45. The Bertz CT molecular complexity index is 1520. The topological polar surface area (TPSA) is 7.68 Å². The predicted molar refractivity (Wildman–Crippen MR) is 160 cm³/mol. The van der Waals surface area contributed by atoms with E-state index in [0.29, 0.717) is 15.1 Å². The maximum atomic E-state index is 6.95. The summed E-state index contributed by atoms with van der Waals surface area (Å²) in [6, 6.07) is 44.9. The maximum absolute atomic E-state index is 6.95. The minimum atomic E-state index is -0.231. The van der Waals surface area contributed by atoms with Gasteiger partial charge in [-0.3, -0.25) is 4.90 Å². The minimum Gasteiger partial charge on any atom is -0.281 e. The lowest BCUT2D eigenvalue weighted by Gasteiger charge is -2.31. The van der Waals surface area contributed by atoms with Crippen LogP contribution < -0.4 is 9.80 Å². The van der Waals surface area contributed by atoms with Gasteiger partial charge in [0.2, 0.25) is 6.17 Å². The van der Waals surface area contributed by atoms with E-state index in [4.69, 9.17) is 34.8 Å². The molecule has 0 fully saturated rings. The molecule has 0 saturated heterocycles. The molecule has 0 aliphatic carbocycles. The molecule has 2 nitrogen and oxygen atoms in total. The smallest absolute Gasteiger partial charge is 0.205 e. The molecular formula is C33H24Cl3N2+. The van der Waals surface area contributed by atoms with Crippen LogP contribution in [0.3, 0.4) is 0 Å². The van der Waals surface area contributed by atoms with Gasteiger partial charge in [-0.1, -0.05) is 114 Å². The number of benzene rings is 5. The number of halogens is 3. The summed E-state index contributed by atoms with van der Waals surface area (Å²) in [5.41, 5.74) is 7.01. The average Bonchev–Trinajstić information content (AvgIpc) is 3.30. The van der Waals surface area contributed by atoms with Gasteiger partial charge in [0.25, 0.3) is 0 Å². The van der Waals surface area contributed by atoms with Crippen LogP contribution in [0.5, 0.6) is 0 Å². The molecule has 0 radical (unpaired) electrons.